The molecule has 3 rings (SSSR count). The Morgan fingerprint density at radius 3 is 2.27 bits per heavy atom. The van der Waals surface area contributed by atoms with Crippen molar-refractivity contribution in [2.45, 2.75) is 33.6 Å². The first-order chi connectivity index (χ1) is 12.6. The molecule has 4 heteroatoms. The SMILES string of the molecule is CCCC(=O)Nc1ccc(N2CCN(c3cccc(C)c3C)CC2)cc1. The van der Waals surface area contributed by atoms with E-state index in [0.29, 0.717) is 6.42 Å². The van der Waals surface area contributed by atoms with Crippen LogP contribution in [-0.4, -0.2) is 32.1 Å². The molecule has 0 radical (unpaired) electrons. The Labute approximate surface area is 156 Å². The standard InChI is InChI=1S/C22H29N3O/c1-4-6-22(26)23-19-9-11-20(12-10-19)24-13-15-25(16-14-24)21-8-5-7-17(2)18(21)3/h5,7-12H,4,6,13-16H2,1-3H3,(H,23,26). The van der Waals surface area contributed by atoms with E-state index in [1.807, 2.05) is 19.1 Å². The molecule has 0 saturated carbocycles. The van der Waals surface area contributed by atoms with Crippen molar-refractivity contribution >= 4 is 23.0 Å². The smallest absolute Gasteiger partial charge is 0.224 e. The van der Waals surface area contributed by atoms with Gasteiger partial charge in [0.25, 0.3) is 0 Å². The van der Waals surface area contributed by atoms with Crippen molar-refractivity contribution in [1.29, 1.82) is 0 Å². The number of hydrogen-bond donors (Lipinski definition) is 1. The molecule has 1 aliphatic heterocycles. The van der Waals surface area contributed by atoms with Gasteiger partial charge in [0.1, 0.15) is 0 Å². The highest BCUT2D eigenvalue weighted by Crippen LogP contribution is 2.26. The largest absolute Gasteiger partial charge is 0.368 e. The maximum atomic E-state index is 11.7. The van der Waals surface area contributed by atoms with Crippen LogP contribution < -0.4 is 15.1 Å². The Balaban J connectivity index is 1.59. The van der Waals surface area contributed by atoms with Crippen LogP contribution >= 0.6 is 0 Å². The van der Waals surface area contributed by atoms with E-state index >= 15 is 0 Å². The zero-order valence-corrected chi connectivity index (χ0v) is 16.1. The molecule has 0 aromatic heterocycles. The number of anilines is 3. The number of hydrogen-bond acceptors (Lipinski definition) is 3. The molecular weight excluding hydrogens is 322 g/mol. The lowest BCUT2D eigenvalue weighted by molar-refractivity contribution is -0.116. The molecule has 0 bridgehead atoms. The molecule has 138 valence electrons. The summed E-state index contributed by atoms with van der Waals surface area (Å²) < 4.78 is 0. The molecule has 0 aliphatic carbocycles. The number of aryl methyl sites for hydroxylation is 1. The summed E-state index contributed by atoms with van der Waals surface area (Å²) in [5, 5.41) is 2.95. The van der Waals surface area contributed by atoms with Crippen molar-refractivity contribution in [1.82, 2.24) is 0 Å². The Morgan fingerprint density at radius 1 is 0.962 bits per heavy atom. The molecule has 1 heterocycles. The predicted octanol–water partition coefficient (Wildman–Crippen LogP) is 4.37. The predicted molar refractivity (Wildman–Crippen MR) is 110 cm³/mol. The van der Waals surface area contributed by atoms with E-state index in [1.54, 1.807) is 0 Å². The summed E-state index contributed by atoms with van der Waals surface area (Å²) in [4.78, 5) is 16.6. The van der Waals surface area contributed by atoms with Crippen LogP contribution in [0, 0.1) is 13.8 Å². The van der Waals surface area contributed by atoms with E-state index < -0.39 is 0 Å². The Bertz CT molecular complexity index is 746. The van der Waals surface area contributed by atoms with Gasteiger partial charge in [0, 0.05) is 49.7 Å². The van der Waals surface area contributed by atoms with E-state index in [1.165, 1.54) is 22.5 Å². The second-order valence-corrected chi connectivity index (χ2v) is 7.04. The normalized spacial score (nSPS) is 14.4. The fourth-order valence-corrected chi connectivity index (χ4v) is 3.49. The van der Waals surface area contributed by atoms with E-state index in [-0.39, 0.29) is 5.91 Å². The van der Waals surface area contributed by atoms with Crippen LogP contribution in [0.15, 0.2) is 42.5 Å². The third kappa shape index (κ3) is 4.18. The van der Waals surface area contributed by atoms with E-state index in [2.05, 4.69) is 59.3 Å². The van der Waals surface area contributed by atoms with Gasteiger partial charge in [-0.2, -0.15) is 0 Å². The average Bonchev–Trinajstić information content (AvgIpc) is 2.65. The number of carbonyl (C=O) groups excluding carboxylic acids is 1. The Hall–Kier alpha value is -2.49. The maximum Gasteiger partial charge on any atom is 0.224 e. The third-order valence-electron chi connectivity index (χ3n) is 5.19. The summed E-state index contributed by atoms with van der Waals surface area (Å²) in [6, 6.07) is 14.8. The number of nitrogens with one attached hydrogen (secondary N) is 1. The van der Waals surface area contributed by atoms with Gasteiger partial charge in [0.05, 0.1) is 0 Å². The molecule has 1 saturated heterocycles. The monoisotopic (exact) mass is 351 g/mol. The minimum atomic E-state index is 0.0855. The minimum absolute atomic E-state index is 0.0855. The lowest BCUT2D eigenvalue weighted by Gasteiger charge is -2.38. The quantitative estimate of drug-likeness (QED) is 0.869. The van der Waals surface area contributed by atoms with Crippen LogP contribution in [-0.2, 0) is 4.79 Å². The van der Waals surface area contributed by atoms with Gasteiger partial charge in [0.15, 0.2) is 0 Å². The number of nitrogens with zero attached hydrogens (tertiary/aromatic N) is 2. The summed E-state index contributed by atoms with van der Waals surface area (Å²) in [7, 11) is 0. The van der Waals surface area contributed by atoms with Gasteiger partial charge in [0.2, 0.25) is 5.91 Å². The molecule has 1 aliphatic rings. The fourth-order valence-electron chi connectivity index (χ4n) is 3.49. The van der Waals surface area contributed by atoms with Crippen molar-refractivity contribution in [3.05, 3.63) is 53.6 Å². The van der Waals surface area contributed by atoms with Gasteiger partial charge in [-0.3, -0.25) is 4.79 Å². The lowest BCUT2D eigenvalue weighted by Crippen LogP contribution is -2.46. The number of rotatable bonds is 5. The van der Waals surface area contributed by atoms with E-state index in [9.17, 15) is 4.79 Å². The van der Waals surface area contributed by atoms with Crippen LogP contribution in [0.5, 0.6) is 0 Å². The Kier molecular flexibility index (Phi) is 5.82. The zero-order chi connectivity index (χ0) is 18.5. The van der Waals surface area contributed by atoms with Crippen molar-refractivity contribution in [2.24, 2.45) is 0 Å². The summed E-state index contributed by atoms with van der Waals surface area (Å²) in [6.45, 7) is 10.5. The summed E-state index contributed by atoms with van der Waals surface area (Å²) in [6.07, 6.45) is 1.44. The topological polar surface area (TPSA) is 35.6 Å². The van der Waals surface area contributed by atoms with Gasteiger partial charge in [-0.1, -0.05) is 19.1 Å². The van der Waals surface area contributed by atoms with Gasteiger partial charge in [-0.15, -0.1) is 0 Å². The van der Waals surface area contributed by atoms with Crippen LogP contribution in [0.1, 0.15) is 30.9 Å². The van der Waals surface area contributed by atoms with Crippen LogP contribution in [0.4, 0.5) is 17.1 Å². The second kappa shape index (κ2) is 8.26. The van der Waals surface area contributed by atoms with Gasteiger partial charge in [-0.25, -0.2) is 0 Å². The fraction of sp³-hybridized carbons (Fsp3) is 0.409. The molecule has 0 unspecified atom stereocenters. The summed E-state index contributed by atoms with van der Waals surface area (Å²) >= 11 is 0. The summed E-state index contributed by atoms with van der Waals surface area (Å²) in [5.41, 5.74) is 6.19. The molecule has 4 nitrogen and oxygen atoms in total. The average molecular weight is 351 g/mol. The molecule has 1 fully saturated rings. The molecular formula is C22H29N3O. The summed E-state index contributed by atoms with van der Waals surface area (Å²) in [5.74, 6) is 0.0855. The molecule has 26 heavy (non-hydrogen) atoms. The van der Waals surface area contributed by atoms with Crippen molar-refractivity contribution < 1.29 is 4.79 Å². The molecule has 2 aromatic rings. The van der Waals surface area contributed by atoms with Gasteiger partial charge >= 0.3 is 0 Å². The van der Waals surface area contributed by atoms with Crippen molar-refractivity contribution in [2.75, 3.05) is 41.3 Å². The highest BCUT2D eigenvalue weighted by atomic mass is 16.1. The number of carbonyl (C=O) groups is 1. The first-order valence-corrected chi connectivity index (χ1v) is 9.54. The molecule has 2 aromatic carbocycles. The maximum absolute atomic E-state index is 11.7. The van der Waals surface area contributed by atoms with E-state index in [0.717, 1.165) is 38.3 Å². The Morgan fingerprint density at radius 2 is 1.62 bits per heavy atom. The van der Waals surface area contributed by atoms with Crippen molar-refractivity contribution in [3.8, 4) is 0 Å². The van der Waals surface area contributed by atoms with Crippen LogP contribution in [0.2, 0.25) is 0 Å². The van der Waals surface area contributed by atoms with Crippen LogP contribution in [0.25, 0.3) is 0 Å². The minimum Gasteiger partial charge on any atom is -0.368 e. The molecule has 1 N–H and O–H groups in total. The van der Waals surface area contributed by atoms with Crippen molar-refractivity contribution in [3.63, 3.8) is 0 Å². The third-order valence-corrected chi connectivity index (χ3v) is 5.19. The van der Waals surface area contributed by atoms with Gasteiger partial charge < -0.3 is 15.1 Å². The molecule has 0 spiro atoms. The van der Waals surface area contributed by atoms with E-state index in [4.69, 9.17) is 0 Å². The molecule has 0 atom stereocenters. The van der Waals surface area contributed by atoms with Crippen LogP contribution in [0.3, 0.4) is 0 Å². The highest BCUT2D eigenvalue weighted by Gasteiger charge is 2.19. The number of amides is 1. The number of benzene rings is 2. The zero-order valence-electron chi connectivity index (χ0n) is 16.1. The number of piperazine rings is 1. The first kappa shape index (κ1) is 18.3. The molecule has 1 amide bonds. The highest BCUT2D eigenvalue weighted by molar-refractivity contribution is 5.90. The lowest BCUT2D eigenvalue weighted by atomic mass is 10.1. The first-order valence-electron chi connectivity index (χ1n) is 9.54. The van der Waals surface area contributed by atoms with Gasteiger partial charge in [-0.05, 0) is 61.7 Å². The second-order valence-electron chi connectivity index (χ2n) is 7.04.